The quantitative estimate of drug-likeness (QED) is 0.209. The molecule has 0 aliphatic carbocycles. The van der Waals surface area contributed by atoms with E-state index >= 15 is 0 Å². The summed E-state index contributed by atoms with van der Waals surface area (Å²) < 4.78 is 0. The molecule has 0 aliphatic heterocycles. The van der Waals surface area contributed by atoms with Gasteiger partial charge in [0.2, 0.25) is 0 Å². The van der Waals surface area contributed by atoms with E-state index in [0.717, 1.165) is 0 Å². The van der Waals surface area contributed by atoms with Crippen LogP contribution in [0.1, 0.15) is 11.1 Å². The second kappa shape index (κ2) is 11.9. The highest BCUT2D eigenvalue weighted by atomic mass is 35.5. The van der Waals surface area contributed by atoms with Crippen molar-refractivity contribution in [3.63, 3.8) is 0 Å². The van der Waals surface area contributed by atoms with Gasteiger partial charge in [-0.15, -0.1) is 0 Å². The van der Waals surface area contributed by atoms with Crippen LogP contribution in [0.15, 0.2) is 0 Å². The molecular weight excluding hydrogens is 767 g/mol. The summed E-state index contributed by atoms with van der Waals surface area (Å²) in [4.78, 5) is 0. The minimum atomic E-state index is -1.01. The van der Waals surface area contributed by atoms with E-state index in [9.17, 15) is 5.11 Å². The Bertz CT molecular complexity index is 1430. The fourth-order valence-electron chi connectivity index (χ4n) is 3.09. The Morgan fingerprint density at radius 3 is 0.833 bits per heavy atom. The Balaban J connectivity index is 2.91. The van der Waals surface area contributed by atoms with Gasteiger partial charge in [0.25, 0.3) is 0 Å². The molecule has 36 heavy (non-hydrogen) atoms. The molecule has 0 bridgehead atoms. The number of halogens is 14. The van der Waals surface area contributed by atoms with E-state index in [2.05, 4.69) is 0 Å². The van der Waals surface area contributed by atoms with E-state index in [0.29, 0.717) is 0 Å². The molecule has 2 nitrogen and oxygen atoms in total. The van der Waals surface area contributed by atoms with Crippen LogP contribution in [0.5, 0.6) is 0 Å². The normalized spacial score (nSPS) is 11.3. The molecule has 0 amide bonds. The average Bonchev–Trinajstić information content (AvgIpc) is 2.82. The molecule has 0 fully saturated rings. The predicted molar refractivity (Wildman–Crippen MR) is 158 cm³/mol. The summed E-state index contributed by atoms with van der Waals surface area (Å²) in [6, 6.07) is 0. The summed E-state index contributed by atoms with van der Waals surface area (Å²) in [5.41, 5.74) is 5.04. The highest BCUT2D eigenvalue weighted by molar-refractivity contribution is 6.58. The van der Waals surface area contributed by atoms with Crippen LogP contribution in [0, 0.1) is 0 Å². The van der Waals surface area contributed by atoms with Crippen LogP contribution in [-0.2, 0) is 0 Å². The first-order chi connectivity index (χ1) is 16.6. The van der Waals surface area contributed by atoms with Crippen molar-refractivity contribution < 1.29 is 5.11 Å². The highest BCUT2D eigenvalue weighted by Crippen LogP contribution is 2.52. The molecule has 0 radical (unpaired) electrons. The number of rotatable bonds is 2. The van der Waals surface area contributed by atoms with E-state index in [4.69, 9.17) is 168 Å². The van der Waals surface area contributed by atoms with E-state index in [-0.39, 0.29) is 97.5 Å². The van der Waals surface area contributed by atoms with Crippen molar-refractivity contribution in [2.45, 2.75) is 0 Å². The summed E-state index contributed by atoms with van der Waals surface area (Å²) in [5, 5.41) is 8.12. The molecule has 0 aromatic heterocycles. The first-order valence-electron chi connectivity index (χ1n) is 8.64. The van der Waals surface area contributed by atoms with Gasteiger partial charge < -0.3 is 10.8 Å². The Morgan fingerprint density at radius 2 is 0.583 bits per heavy atom. The third-order valence-electron chi connectivity index (χ3n) is 4.68. The molecule has 3 rings (SSSR count). The second-order valence-corrected chi connectivity index (χ2v) is 11.9. The molecule has 0 heterocycles. The smallest absolute Gasteiger partial charge is 0.0809 e. The van der Waals surface area contributed by atoms with Gasteiger partial charge in [-0.3, -0.25) is 0 Å². The molecule has 0 aliphatic rings. The number of nitrogens with two attached hydrogens (primary N) is 1. The van der Waals surface area contributed by atoms with E-state index in [1.807, 2.05) is 0 Å². The van der Waals surface area contributed by atoms with E-state index in [1.54, 1.807) is 0 Å². The van der Waals surface area contributed by atoms with Gasteiger partial charge in [-0.05, 0) is 5.88 Å². The SMILES string of the molecule is NC([O-])=c1c(Cl)c(Cl)c(=C(c2c(Cl)c(Cl)c(Cl)c(Cl)c2Cl)c2c(Cl)c(Cl)c(Cl)c(Cl)c2Cl)c(Cl)c1Cl. The fraction of sp³-hybridized carbons (Fsp3) is 0. The second-order valence-electron chi connectivity index (χ2n) is 6.64. The van der Waals surface area contributed by atoms with Crippen molar-refractivity contribution in [3.8, 4) is 0 Å². The molecule has 3 aromatic rings. The van der Waals surface area contributed by atoms with Crippen LogP contribution in [0.4, 0.5) is 0 Å². The van der Waals surface area contributed by atoms with Gasteiger partial charge in [-0.2, -0.15) is 0 Å². The monoisotopic (exact) mass is 762 g/mol. The predicted octanol–water partition coefficient (Wildman–Crippen LogP) is 10.5. The van der Waals surface area contributed by atoms with Crippen molar-refractivity contribution in [1.29, 1.82) is 0 Å². The number of hydrogen-bond donors (Lipinski definition) is 1. The summed E-state index contributed by atoms with van der Waals surface area (Å²) in [5.74, 6) is -1.01. The van der Waals surface area contributed by atoms with Crippen LogP contribution < -0.4 is 21.3 Å². The Hall–Kier alpha value is 1.06. The average molecular weight is 769 g/mol. The van der Waals surface area contributed by atoms with Crippen molar-refractivity contribution in [1.82, 2.24) is 0 Å². The summed E-state index contributed by atoms with van der Waals surface area (Å²) in [6.45, 7) is 0. The van der Waals surface area contributed by atoms with Gasteiger partial charge in [0.1, 0.15) is 0 Å². The maximum Gasteiger partial charge on any atom is 0.0809 e. The van der Waals surface area contributed by atoms with Crippen LogP contribution in [0.25, 0.3) is 11.5 Å². The third kappa shape index (κ3) is 5.13. The molecular formula is C20H2Cl14NO-. The third-order valence-corrected chi connectivity index (χ3v) is 10.9. The largest absolute Gasteiger partial charge is 0.860 e. The van der Waals surface area contributed by atoms with Crippen LogP contribution in [-0.4, -0.2) is 0 Å². The molecule has 3 aromatic carbocycles. The van der Waals surface area contributed by atoms with E-state index in [1.165, 1.54) is 0 Å². The molecule has 0 saturated heterocycles. The molecule has 0 unspecified atom stereocenters. The highest BCUT2D eigenvalue weighted by Gasteiger charge is 2.30. The Morgan fingerprint density at radius 1 is 0.361 bits per heavy atom. The summed E-state index contributed by atoms with van der Waals surface area (Å²) >= 11 is 89.7. The first-order valence-corrected chi connectivity index (χ1v) is 13.9. The standard InChI is InChI=1S/C20H3Cl14NO/c21-6-2(7(22)13(28)5(12(6)27)20(35)36)1(3-8(23)14(29)18(33)15(30)9(3)24)4-10(25)16(31)19(34)17(32)11(4)26/h36H,35H2/p-1. The molecule has 192 valence electrons. The Kier molecular flexibility index (Phi) is 10.4. The molecule has 0 atom stereocenters. The van der Waals surface area contributed by atoms with Crippen molar-refractivity contribution >= 4 is 174 Å². The topological polar surface area (TPSA) is 49.1 Å². The van der Waals surface area contributed by atoms with Gasteiger partial charge in [0, 0.05) is 27.1 Å². The van der Waals surface area contributed by atoms with Gasteiger partial charge in [0.15, 0.2) is 0 Å². The molecule has 16 heteroatoms. The van der Waals surface area contributed by atoms with Gasteiger partial charge in [0.05, 0.1) is 70.3 Å². The molecule has 0 spiro atoms. The maximum absolute atomic E-state index is 12.0. The lowest BCUT2D eigenvalue weighted by molar-refractivity contribution is -0.250. The lowest BCUT2D eigenvalue weighted by atomic mass is 9.94. The minimum absolute atomic E-state index is 0.112. The zero-order valence-corrected chi connectivity index (χ0v) is 26.9. The van der Waals surface area contributed by atoms with Crippen LogP contribution in [0.2, 0.25) is 70.3 Å². The summed E-state index contributed by atoms with van der Waals surface area (Å²) in [7, 11) is 0. The van der Waals surface area contributed by atoms with Gasteiger partial charge in [-0.25, -0.2) is 0 Å². The molecule has 2 N–H and O–H groups in total. The van der Waals surface area contributed by atoms with Crippen molar-refractivity contribution in [2.75, 3.05) is 0 Å². The molecule has 0 saturated carbocycles. The Labute approximate surface area is 273 Å². The lowest BCUT2D eigenvalue weighted by Crippen LogP contribution is -2.28. The van der Waals surface area contributed by atoms with Gasteiger partial charge >= 0.3 is 0 Å². The van der Waals surface area contributed by atoms with Crippen LogP contribution >= 0.6 is 162 Å². The van der Waals surface area contributed by atoms with Gasteiger partial charge in [-0.1, -0.05) is 162 Å². The van der Waals surface area contributed by atoms with Crippen molar-refractivity contribution in [2.24, 2.45) is 5.73 Å². The first kappa shape index (κ1) is 31.6. The fourth-order valence-corrected chi connectivity index (χ4v) is 6.97. The zero-order chi connectivity index (χ0) is 27.5. The minimum Gasteiger partial charge on any atom is -0.860 e. The lowest BCUT2D eigenvalue weighted by Gasteiger charge is -2.21. The number of hydrogen-bond acceptors (Lipinski definition) is 2. The van der Waals surface area contributed by atoms with Crippen molar-refractivity contribution in [3.05, 3.63) is 91.9 Å². The van der Waals surface area contributed by atoms with Crippen LogP contribution in [0.3, 0.4) is 0 Å². The summed E-state index contributed by atoms with van der Waals surface area (Å²) in [6.07, 6.45) is 0. The van der Waals surface area contributed by atoms with E-state index < -0.39 is 5.88 Å². The maximum atomic E-state index is 12.0. The zero-order valence-electron chi connectivity index (χ0n) is 16.3. The number of benzene rings is 3.